The van der Waals surface area contributed by atoms with Gasteiger partial charge < -0.3 is 33.8 Å². The molecule has 0 radical (unpaired) electrons. The first kappa shape index (κ1) is 82.1. The number of phosphoric ester groups is 2. The zero-order chi connectivity index (χ0) is 62.5. The molecule has 3 unspecified atom stereocenters. The van der Waals surface area contributed by atoms with Crippen molar-refractivity contribution in [2.24, 2.45) is 23.7 Å². The fourth-order valence-corrected chi connectivity index (χ4v) is 11.2. The van der Waals surface area contributed by atoms with E-state index in [1.54, 1.807) is 0 Å². The van der Waals surface area contributed by atoms with E-state index >= 15 is 0 Å². The number of aliphatic hydroxyl groups is 1. The first-order valence-corrected chi connectivity index (χ1v) is 36.7. The summed E-state index contributed by atoms with van der Waals surface area (Å²) in [5.41, 5.74) is 0. The molecule has 0 aliphatic carbocycles. The minimum absolute atomic E-state index is 0.102. The van der Waals surface area contributed by atoms with Crippen LogP contribution >= 0.6 is 15.6 Å². The van der Waals surface area contributed by atoms with E-state index in [1.165, 1.54) is 109 Å². The number of hydrogen-bond donors (Lipinski definition) is 3. The Morgan fingerprint density at radius 3 is 0.738 bits per heavy atom. The molecule has 0 amide bonds. The van der Waals surface area contributed by atoms with E-state index in [0.717, 1.165) is 108 Å². The second kappa shape index (κ2) is 55.2. The van der Waals surface area contributed by atoms with Gasteiger partial charge in [-0.1, -0.05) is 261 Å². The van der Waals surface area contributed by atoms with Crippen molar-refractivity contribution in [2.75, 3.05) is 39.6 Å². The normalized spacial score (nSPS) is 14.4. The molecule has 0 rings (SSSR count). The summed E-state index contributed by atoms with van der Waals surface area (Å²) in [7, 11) is -9.89. The molecule has 0 aliphatic heterocycles. The summed E-state index contributed by atoms with van der Waals surface area (Å²) < 4.78 is 68.0. The Labute approximate surface area is 511 Å². The number of hydrogen-bond acceptors (Lipinski definition) is 15. The predicted molar refractivity (Wildman–Crippen MR) is 335 cm³/mol. The monoisotopic (exact) mass is 1240 g/mol. The molecule has 17 nitrogen and oxygen atoms in total. The lowest BCUT2D eigenvalue weighted by molar-refractivity contribution is -0.161. The van der Waals surface area contributed by atoms with Crippen LogP contribution in [0.1, 0.15) is 312 Å². The van der Waals surface area contributed by atoms with E-state index in [9.17, 15) is 43.2 Å². The van der Waals surface area contributed by atoms with Crippen LogP contribution in [0.4, 0.5) is 0 Å². The highest BCUT2D eigenvalue weighted by atomic mass is 31.2. The van der Waals surface area contributed by atoms with Gasteiger partial charge in [-0.3, -0.25) is 37.3 Å². The van der Waals surface area contributed by atoms with Gasteiger partial charge in [0, 0.05) is 25.7 Å². The number of aliphatic hydroxyl groups excluding tert-OH is 1. The SMILES string of the molecule is CC(C)CCCCCCCCCCCCC(=O)OC[C@H](COP(=O)(O)OCC(O)COP(=O)(O)OC[C@@H](COC(=O)CCCCCCCCCC(C)C)OC(=O)CCCCCCCCCC(C)C)OC(=O)CCCCCCCCCCC(C)C. The number of phosphoric acid groups is 2. The minimum Gasteiger partial charge on any atom is -0.462 e. The van der Waals surface area contributed by atoms with Crippen LogP contribution in [0.15, 0.2) is 0 Å². The van der Waals surface area contributed by atoms with Crippen molar-refractivity contribution in [3.63, 3.8) is 0 Å². The van der Waals surface area contributed by atoms with Gasteiger partial charge in [-0.2, -0.15) is 0 Å². The number of carbonyl (C=O) groups excluding carboxylic acids is 4. The molecular formula is C65H126O17P2. The first-order valence-electron chi connectivity index (χ1n) is 33.7. The molecule has 0 bridgehead atoms. The van der Waals surface area contributed by atoms with Crippen molar-refractivity contribution in [2.45, 2.75) is 331 Å². The number of rotatable bonds is 62. The molecular weight excluding hydrogens is 1110 g/mol. The van der Waals surface area contributed by atoms with Crippen LogP contribution in [-0.2, 0) is 65.4 Å². The van der Waals surface area contributed by atoms with Crippen LogP contribution in [0, 0.1) is 23.7 Å². The van der Waals surface area contributed by atoms with Crippen LogP contribution in [0.5, 0.6) is 0 Å². The van der Waals surface area contributed by atoms with Gasteiger partial charge >= 0.3 is 39.5 Å². The molecule has 0 aromatic carbocycles. The first-order chi connectivity index (χ1) is 40.1. The maximum absolute atomic E-state index is 13.0. The number of esters is 4. The highest BCUT2D eigenvalue weighted by Crippen LogP contribution is 2.45. The molecule has 19 heteroatoms. The lowest BCUT2D eigenvalue weighted by atomic mass is 10.0. The van der Waals surface area contributed by atoms with E-state index in [4.69, 9.17) is 37.0 Å². The average Bonchev–Trinajstić information content (AvgIpc) is 3.50. The van der Waals surface area contributed by atoms with E-state index in [2.05, 4.69) is 55.4 Å². The van der Waals surface area contributed by atoms with Gasteiger partial charge in [0.1, 0.15) is 19.3 Å². The van der Waals surface area contributed by atoms with Gasteiger partial charge in [0.15, 0.2) is 12.2 Å². The largest absolute Gasteiger partial charge is 0.472 e. The molecule has 0 aromatic rings. The zero-order valence-corrected chi connectivity index (χ0v) is 56.3. The van der Waals surface area contributed by atoms with Crippen LogP contribution in [0.2, 0.25) is 0 Å². The Balaban J connectivity index is 5.25. The Hall–Kier alpha value is -1.94. The maximum atomic E-state index is 13.0. The third-order valence-electron chi connectivity index (χ3n) is 14.8. The summed E-state index contributed by atoms with van der Waals surface area (Å²) >= 11 is 0. The molecule has 0 fully saturated rings. The predicted octanol–water partition coefficient (Wildman–Crippen LogP) is 17.8. The van der Waals surface area contributed by atoms with Crippen molar-refractivity contribution in [3.8, 4) is 0 Å². The summed E-state index contributed by atoms with van der Waals surface area (Å²) in [6.07, 6.45) is 35.0. The van der Waals surface area contributed by atoms with E-state index in [1.807, 2.05) is 0 Å². The Bertz CT molecular complexity index is 1680. The lowest BCUT2D eigenvalue weighted by Gasteiger charge is -2.21. The standard InChI is InChI=1S/C65H126O17P2/c1-55(2)41-33-25-17-11-9-10-12-21-29-37-45-62(67)75-51-60(81-64(69)47-39-31-22-14-13-18-26-34-42-56(3)4)53-79-83(71,72)77-49-59(66)50-78-84(73,74)80-54-61(82-65(70)48-40-32-24-16-20-28-36-44-58(7)8)52-76-63(68)46-38-30-23-15-19-27-35-43-57(5)6/h55-61,66H,9-54H2,1-8H3,(H,71,72)(H,73,74)/t59?,60-,61-/m1/s1. The maximum Gasteiger partial charge on any atom is 0.472 e. The Kier molecular flexibility index (Phi) is 53.9. The lowest BCUT2D eigenvalue weighted by Crippen LogP contribution is -2.30. The van der Waals surface area contributed by atoms with Crippen molar-refractivity contribution in [1.29, 1.82) is 0 Å². The molecule has 5 atom stereocenters. The van der Waals surface area contributed by atoms with Crippen LogP contribution < -0.4 is 0 Å². The molecule has 84 heavy (non-hydrogen) atoms. The second-order valence-electron chi connectivity index (χ2n) is 25.4. The average molecular weight is 1240 g/mol. The van der Waals surface area contributed by atoms with Gasteiger partial charge in [-0.05, 0) is 49.4 Å². The molecule has 0 aliphatic rings. The van der Waals surface area contributed by atoms with Crippen molar-refractivity contribution in [3.05, 3.63) is 0 Å². The second-order valence-corrected chi connectivity index (χ2v) is 28.3. The Morgan fingerprint density at radius 1 is 0.298 bits per heavy atom. The van der Waals surface area contributed by atoms with Gasteiger partial charge in [-0.25, -0.2) is 9.13 Å². The number of carbonyl (C=O) groups is 4. The van der Waals surface area contributed by atoms with E-state index in [-0.39, 0.29) is 25.7 Å². The van der Waals surface area contributed by atoms with Gasteiger partial charge in [-0.15, -0.1) is 0 Å². The fraction of sp³-hybridized carbons (Fsp3) is 0.938. The molecule has 498 valence electrons. The molecule has 0 spiro atoms. The molecule has 0 saturated carbocycles. The summed E-state index contributed by atoms with van der Waals surface area (Å²) in [4.78, 5) is 72.2. The molecule has 0 heterocycles. The van der Waals surface area contributed by atoms with Crippen molar-refractivity contribution in [1.82, 2.24) is 0 Å². The third kappa shape index (κ3) is 59.0. The summed E-state index contributed by atoms with van der Waals surface area (Å²) in [5, 5.41) is 10.5. The van der Waals surface area contributed by atoms with Gasteiger partial charge in [0.25, 0.3) is 0 Å². The van der Waals surface area contributed by atoms with Crippen molar-refractivity contribution < 1.29 is 80.2 Å². The van der Waals surface area contributed by atoms with Crippen LogP contribution in [0.25, 0.3) is 0 Å². The zero-order valence-electron chi connectivity index (χ0n) is 54.5. The highest BCUT2D eigenvalue weighted by molar-refractivity contribution is 7.47. The molecule has 0 aromatic heterocycles. The highest BCUT2D eigenvalue weighted by Gasteiger charge is 2.30. The third-order valence-corrected chi connectivity index (χ3v) is 16.7. The Morgan fingerprint density at radius 2 is 0.500 bits per heavy atom. The smallest absolute Gasteiger partial charge is 0.462 e. The van der Waals surface area contributed by atoms with Gasteiger partial charge in [0.2, 0.25) is 0 Å². The summed E-state index contributed by atoms with van der Waals surface area (Å²) in [6.45, 7) is 13.9. The summed E-state index contributed by atoms with van der Waals surface area (Å²) in [5.74, 6) is 0.737. The molecule has 0 saturated heterocycles. The quantitative estimate of drug-likeness (QED) is 0.0222. The minimum atomic E-state index is -4.95. The van der Waals surface area contributed by atoms with Crippen LogP contribution in [-0.4, -0.2) is 96.7 Å². The fourth-order valence-electron chi connectivity index (χ4n) is 9.61. The number of unbranched alkanes of at least 4 members (excludes halogenated alkanes) is 28. The van der Waals surface area contributed by atoms with E-state index in [0.29, 0.717) is 37.5 Å². The molecule has 3 N–H and O–H groups in total. The van der Waals surface area contributed by atoms with Gasteiger partial charge in [0.05, 0.1) is 26.4 Å². The van der Waals surface area contributed by atoms with Crippen molar-refractivity contribution >= 4 is 39.5 Å². The van der Waals surface area contributed by atoms with E-state index < -0.39 is 97.5 Å². The summed E-state index contributed by atoms with van der Waals surface area (Å²) in [6, 6.07) is 0. The topological polar surface area (TPSA) is 237 Å². The number of ether oxygens (including phenoxy) is 4. The van der Waals surface area contributed by atoms with Crippen LogP contribution in [0.3, 0.4) is 0 Å².